The predicted molar refractivity (Wildman–Crippen MR) is 47.0 cm³/mol. The zero-order valence-electron chi connectivity index (χ0n) is 6.54. The van der Waals surface area contributed by atoms with Gasteiger partial charge >= 0.3 is 0 Å². The van der Waals surface area contributed by atoms with Crippen molar-refractivity contribution in [2.45, 2.75) is 12.8 Å². The van der Waals surface area contributed by atoms with E-state index in [-0.39, 0.29) is 0 Å². The van der Waals surface area contributed by atoms with Gasteiger partial charge in [-0.05, 0) is 17.2 Å². The minimum atomic E-state index is 0.409. The zero-order valence-corrected chi connectivity index (χ0v) is 6.54. The molecule has 0 radical (unpaired) electrons. The SMILES string of the molecule is CC1C(N)=Cc2ccccc21. The van der Waals surface area contributed by atoms with Crippen LogP contribution < -0.4 is 5.73 Å². The van der Waals surface area contributed by atoms with Crippen LogP contribution in [0, 0.1) is 0 Å². The highest BCUT2D eigenvalue weighted by Gasteiger charge is 2.17. The summed E-state index contributed by atoms with van der Waals surface area (Å²) in [6.07, 6.45) is 2.06. The van der Waals surface area contributed by atoms with Gasteiger partial charge in [0, 0.05) is 11.6 Å². The molecule has 0 amide bonds. The largest absolute Gasteiger partial charge is 0.402 e. The molecule has 0 bridgehead atoms. The number of allylic oxidation sites excluding steroid dienone is 1. The summed E-state index contributed by atoms with van der Waals surface area (Å²) in [4.78, 5) is 0. The number of nitrogens with two attached hydrogens (primary N) is 1. The summed E-state index contributed by atoms with van der Waals surface area (Å²) in [6, 6.07) is 8.34. The fourth-order valence-electron chi connectivity index (χ4n) is 1.52. The monoisotopic (exact) mass is 145 g/mol. The van der Waals surface area contributed by atoms with Gasteiger partial charge in [-0.1, -0.05) is 31.2 Å². The summed E-state index contributed by atoms with van der Waals surface area (Å²) in [5, 5.41) is 0. The van der Waals surface area contributed by atoms with Crippen molar-refractivity contribution in [3.8, 4) is 0 Å². The van der Waals surface area contributed by atoms with E-state index in [2.05, 4.69) is 31.2 Å². The van der Waals surface area contributed by atoms with E-state index in [4.69, 9.17) is 5.73 Å². The third-order valence-electron chi connectivity index (χ3n) is 2.28. The van der Waals surface area contributed by atoms with Gasteiger partial charge in [0.15, 0.2) is 0 Å². The van der Waals surface area contributed by atoms with Gasteiger partial charge in [0.25, 0.3) is 0 Å². The van der Waals surface area contributed by atoms with Gasteiger partial charge in [-0.25, -0.2) is 0 Å². The molecule has 1 aliphatic carbocycles. The van der Waals surface area contributed by atoms with Gasteiger partial charge in [0.2, 0.25) is 0 Å². The molecule has 1 aliphatic rings. The van der Waals surface area contributed by atoms with Crippen LogP contribution in [0.25, 0.3) is 6.08 Å². The first-order valence-electron chi connectivity index (χ1n) is 3.85. The van der Waals surface area contributed by atoms with E-state index in [1.165, 1.54) is 11.1 Å². The van der Waals surface area contributed by atoms with Crippen molar-refractivity contribution in [2.75, 3.05) is 0 Å². The van der Waals surface area contributed by atoms with Gasteiger partial charge in [-0.15, -0.1) is 0 Å². The second-order valence-corrected chi connectivity index (χ2v) is 2.99. The summed E-state index contributed by atoms with van der Waals surface area (Å²) < 4.78 is 0. The van der Waals surface area contributed by atoms with Gasteiger partial charge in [-0.3, -0.25) is 0 Å². The average Bonchev–Trinajstić information content (AvgIpc) is 2.30. The second-order valence-electron chi connectivity index (χ2n) is 2.99. The van der Waals surface area contributed by atoms with Crippen molar-refractivity contribution in [1.29, 1.82) is 0 Å². The molecule has 0 saturated heterocycles. The van der Waals surface area contributed by atoms with Crippen LogP contribution in [-0.2, 0) is 0 Å². The molecule has 1 unspecified atom stereocenters. The first-order valence-corrected chi connectivity index (χ1v) is 3.85. The lowest BCUT2D eigenvalue weighted by Crippen LogP contribution is -2.01. The molecule has 56 valence electrons. The van der Waals surface area contributed by atoms with Crippen LogP contribution in [0.1, 0.15) is 24.0 Å². The molecule has 2 N–H and O–H groups in total. The van der Waals surface area contributed by atoms with Crippen molar-refractivity contribution in [2.24, 2.45) is 5.73 Å². The lowest BCUT2D eigenvalue weighted by atomic mass is 10.0. The Kier molecular flexibility index (Phi) is 1.25. The molecule has 0 aliphatic heterocycles. The first-order chi connectivity index (χ1) is 5.29. The van der Waals surface area contributed by atoms with Crippen molar-refractivity contribution in [3.63, 3.8) is 0 Å². The van der Waals surface area contributed by atoms with E-state index < -0.39 is 0 Å². The molecular weight excluding hydrogens is 134 g/mol. The fourth-order valence-corrected chi connectivity index (χ4v) is 1.52. The van der Waals surface area contributed by atoms with Crippen LogP contribution in [0.2, 0.25) is 0 Å². The maximum atomic E-state index is 5.79. The Labute approximate surface area is 66.5 Å². The van der Waals surface area contributed by atoms with E-state index >= 15 is 0 Å². The second kappa shape index (κ2) is 2.12. The van der Waals surface area contributed by atoms with Crippen LogP contribution in [0.5, 0.6) is 0 Å². The minimum absolute atomic E-state index is 0.409. The summed E-state index contributed by atoms with van der Waals surface area (Å²) in [7, 11) is 0. The molecule has 0 aromatic heterocycles. The van der Waals surface area contributed by atoms with Crippen molar-refractivity contribution >= 4 is 6.08 Å². The highest BCUT2D eigenvalue weighted by Crippen LogP contribution is 2.32. The molecule has 2 rings (SSSR count). The van der Waals surface area contributed by atoms with E-state index in [0.717, 1.165) is 5.70 Å². The normalized spacial score (nSPS) is 21.2. The van der Waals surface area contributed by atoms with E-state index in [9.17, 15) is 0 Å². The standard InChI is InChI=1S/C10H11N/c1-7-9-5-3-2-4-8(9)6-10(7)11/h2-7H,11H2,1H3. The maximum absolute atomic E-state index is 5.79. The first kappa shape index (κ1) is 6.47. The highest BCUT2D eigenvalue weighted by molar-refractivity contribution is 5.65. The molecular formula is C10H11N. The van der Waals surface area contributed by atoms with Gasteiger partial charge in [0.05, 0.1) is 0 Å². The average molecular weight is 145 g/mol. The Bertz CT molecular complexity index is 312. The van der Waals surface area contributed by atoms with Crippen LogP contribution in [-0.4, -0.2) is 0 Å². The topological polar surface area (TPSA) is 26.0 Å². The van der Waals surface area contributed by atoms with Gasteiger partial charge in [0.1, 0.15) is 0 Å². The van der Waals surface area contributed by atoms with Crippen LogP contribution in [0.3, 0.4) is 0 Å². The molecule has 0 heterocycles. The Hall–Kier alpha value is -1.24. The van der Waals surface area contributed by atoms with Crippen molar-refractivity contribution in [3.05, 3.63) is 41.1 Å². The lowest BCUT2D eigenvalue weighted by molar-refractivity contribution is 0.906. The van der Waals surface area contributed by atoms with E-state index in [1.807, 2.05) is 6.07 Å². The molecule has 1 aromatic rings. The van der Waals surface area contributed by atoms with Crippen LogP contribution >= 0.6 is 0 Å². The van der Waals surface area contributed by atoms with Crippen molar-refractivity contribution < 1.29 is 0 Å². The highest BCUT2D eigenvalue weighted by atomic mass is 14.6. The van der Waals surface area contributed by atoms with Gasteiger partial charge < -0.3 is 5.73 Å². The summed E-state index contributed by atoms with van der Waals surface area (Å²) in [5.74, 6) is 0.409. The fraction of sp³-hybridized carbons (Fsp3) is 0.200. The van der Waals surface area contributed by atoms with E-state index in [0.29, 0.717) is 5.92 Å². The third-order valence-corrected chi connectivity index (χ3v) is 2.28. The van der Waals surface area contributed by atoms with E-state index in [1.54, 1.807) is 0 Å². The van der Waals surface area contributed by atoms with Crippen molar-refractivity contribution in [1.82, 2.24) is 0 Å². The zero-order chi connectivity index (χ0) is 7.84. The molecule has 0 fully saturated rings. The van der Waals surface area contributed by atoms with Crippen LogP contribution in [0.15, 0.2) is 30.0 Å². The van der Waals surface area contributed by atoms with Crippen LogP contribution in [0.4, 0.5) is 0 Å². The number of hydrogen-bond donors (Lipinski definition) is 1. The lowest BCUT2D eigenvalue weighted by Gasteiger charge is -2.05. The predicted octanol–water partition coefficient (Wildman–Crippen LogP) is 2.10. The number of hydrogen-bond acceptors (Lipinski definition) is 1. The minimum Gasteiger partial charge on any atom is -0.402 e. The Morgan fingerprint density at radius 1 is 1.27 bits per heavy atom. The smallest absolute Gasteiger partial charge is 0.0213 e. The number of rotatable bonds is 0. The summed E-state index contributed by atoms with van der Waals surface area (Å²) in [6.45, 7) is 2.14. The molecule has 1 heteroatoms. The quantitative estimate of drug-likeness (QED) is 0.594. The summed E-state index contributed by atoms with van der Waals surface area (Å²) in [5.41, 5.74) is 9.39. The molecule has 1 aromatic carbocycles. The maximum Gasteiger partial charge on any atom is 0.0213 e. The Balaban J connectivity index is 2.58. The number of benzene rings is 1. The Morgan fingerprint density at radius 2 is 2.00 bits per heavy atom. The summed E-state index contributed by atoms with van der Waals surface area (Å²) >= 11 is 0. The molecule has 1 atom stereocenters. The third kappa shape index (κ3) is 0.845. The molecule has 1 nitrogen and oxygen atoms in total. The molecule has 0 saturated carbocycles. The molecule has 11 heavy (non-hydrogen) atoms. The molecule has 0 spiro atoms. The van der Waals surface area contributed by atoms with Gasteiger partial charge in [-0.2, -0.15) is 0 Å². The number of fused-ring (bicyclic) bond motifs is 1. The Morgan fingerprint density at radius 3 is 2.73 bits per heavy atom.